The van der Waals surface area contributed by atoms with Gasteiger partial charge in [-0.2, -0.15) is 5.26 Å². The van der Waals surface area contributed by atoms with Gasteiger partial charge in [0.1, 0.15) is 0 Å². The van der Waals surface area contributed by atoms with Crippen LogP contribution in [0.15, 0.2) is 48.7 Å². The highest BCUT2D eigenvalue weighted by Gasteiger charge is 2.23. The SMILES string of the molecule is Cc1ccc2c(c1)/C(=C/c1cc3cc(C#N)ccc3cn1)NC2=O. The van der Waals surface area contributed by atoms with Gasteiger partial charge in [0, 0.05) is 22.7 Å². The second-order valence-electron chi connectivity index (χ2n) is 5.84. The Balaban J connectivity index is 1.82. The fourth-order valence-corrected chi connectivity index (χ4v) is 2.90. The summed E-state index contributed by atoms with van der Waals surface area (Å²) in [7, 11) is 0. The number of fused-ring (bicyclic) bond motifs is 2. The fraction of sp³-hybridized carbons (Fsp3) is 0.0500. The van der Waals surface area contributed by atoms with Crippen LogP contribution in [0.4, 0.5) is 0 Å². The van der Waals surface area contributed by atoms with Crippen molar-refractivity contribution >= 4 is 28.5 Å². The molecule has 3 aromatic rings. The summed E-state index contributed by atoms with van der Waals surface area (Å²) in [5.41, 5.74) is 4.78. The van der Waals surface area contributed by atoms with Crippen molar-refractivity contribution in [1.82, 2.24) is 10.3 Å². The normalized spacial score (nSPS) is 14.5. The molecule has 0 saturated heterocycles. The molecule has 4 heteroatoms. The van der Waals surface area contributed by atoms with Crippen LogP contribution in [0, 0.1) is 18.3 Å². The van der Waals surface area contributed by atoms with Crippen molar-refractivity contribution in [2.75, 3.05) is 0 Å². The standard InChI is InChI=1S/C20H13N3O/c1-12-2-5-17-18(6-12)19(23-20(17)24)9-16-8-15-7-13(10-21)3-4-14(15)11-22-16/h2-9,11H,1H3,(H,23,24)/b19-9-. The molecule has 0 saturated carbocycles. The summed E-state index contributed by atoms with van der Waals surface area (Å²) in [6.45, 7) is 2.00. The first-order chi connectivity index (χ1) is 11.6. The Hall–Kier alpha value is -3.45. The van der Waals surface area contributed by atoms with E-state index in [0.29, 0.717) is 11.1 Å². The molecule has 1 N–H and O–H groups in total. The van der Waals surface area contributed by atoms with Gasteiger partial charge in [-0.1, -0.05) is 17.7 Å². The van der Waals surface area contributed by atoms with Gasteiger partial charge in [-0.25, -0.2) is 0 Å². The van der Waals surface area contributed by atoms with Gasteiger partial charge in [-0.3, -0.25) is 9.78 Å². The number of hydrogen-bond donors (Lipinski definition) is 1. The summed E-state index contributed by atoms with van der Waals surface area (Å²) >= 11 is 0. The number of pyridine rings is 1. The summed E-state index contributed by atoms with van der Waals surface area (Å²) in [5.74, 6) is -0.0937. The first kappa shape index (κ1) is 14.2. The minimum Gasteiger partial charge on any atom is -0.321 e. The van der Waals surface area contributed by atoms with Crippen molar-refractivity contribution in [3.63, 3.8) is 0 Å². The predicted molar refractivity (Wildman–Crippen MR) is 93.0 cm³/mol. The van der Waals surface area contributed by atoms with Gasteiger partial charge in [0.25, 0.3) is 5.91 Å². The van der Waals surface area contributed by atoms with Crippen LogP contribution < -0.4 is 5.32 Å². The number of benzene rings is 2. The number of carbonyl (C=O) groups is 1. The smallest absolute Gasteiger partial charge is 0.256 e. The topological polar surface area (TPSA) is 65.8 Å². The highest BCUT2D eigenvalue weighted by atomic mass is 16.1. The van der Waals surface area contributed by atoms with E-state index in [0.717, 1.165) is 33.3 Å². The average Bonchev–Trinajstić information content (AvgIpc) is 2.89. The first-order valence-electron chi connectivity index (χ1n) is 7.58. The van der Waals surface area contributed by atoms with Gasteiger partial charge in [0.2, 0.25) is 0 Å². The second kappa shape index (κ2) is 5.32. The molecule has 1 aliphatic rings. The third-order valence-corrected chi connectivity index (χ3v) is 4.12. The second-order valence-corrected chi connectivity index (χ2v) is 5.84. The number of nitriles is 1. The maximum absolute atomic E-state index is 12.1. The average molecular weight is 311 g/mol. The fourth-order valence-electron chi connectivity index (χ4n) is 2.90. The van der Waals surface area contributed by atoms with E-state index in [2.05, 4.69) is 16.4 Å². The molecule has 1 aliphatic heterocycles. The molecule has 4 rings (SSSR count). The Labute approximate surface area is 139 Å². The molecule has 2 aromatic carbocycles. The summed E-state index contributed by atoms with van der Waals surface area (Å²) in [5, 5.41) is 13.9. The highest BCUT2D eigenvalue weighted by molar-refractivity contribution is 6.11. The first-order valence-corrected chi connectivity index (χ1v) is 7.58. The van der Waals surface area contributed by atoms with E-state index in [1.165, 1.54) is 0 Å². The van der Waals surface area contributed by atoms with E-state index in [1.54, 1.807) is 12.3 Å². The van der Waals surface area contributed by atoms with E-state index in [4.69, 9.17) is 5.26 Å². The Kier molecular flexibility index (Phi) is 3.14. The molecular weight excluding hydrogens is 298 g/mol. The van der Waals surface area contributed by atoms with Crippen molar-refractivity contribution in [2.24, 2.45) is 0 Å². The maximum atomic E-state index is 12.1. The Morgan fingerprint density at radius 1 is 1.08 bits per heavy atom. The Morgan fingerprint density at radius 2 is 1.96 bits per heavy atom. The van der Waals surface area contributed by atoms with Crippen molar-refractivity contribution in [3.8, 4) is 6.07 Å². The number of nitrogens with one attached hydrogen (secondary N) is 1. The highest BCUT2D eigenvalue weighted by Crippen LogP contribution is 2.27. The number of nitrogens with zero attached hydrogens (tertiary/aromatic N) is 2. The lowest BCUT2D eigenvalue weighted by Crippen LogP contribution is -2.11. The molecule has 0 aliphatic carbocycles. The zero-order valence-electron chi connectivity index (χ0n) is 13.0. The van der Waals surface area contributed by atoms with Gasteiger partial charge >= 0.3 is 0 Å². The van der Waals surface area contributed by atoms with Gasteiger partial charge in [0.05, 0.1) is 23.0 Å². The van der Waals surface area contributed by atoms with Crippen LogP contribution in [0.2, 0.25) is 0 Å². The van der Waals surface area contributed by atoms with Crippen molar-refractivity contribution in [3.05, 3.63) is 76.6 Å². The number of aryl methyl sites for hydroxylation is 1. The lowest BCUT2D eigenvalue weighted by molar-refractivity contribution is 0.0981. The van der Waals surface area contributed by atoms with Crippen molar-refractivity contribution in [1.29, 1.82) is 5.26 Å². The monoisotopic (exact) mass is 311 g/mol. The van der Waals surface area contributed by atoms with E-state index in [9.17, 15) is 4.79 Å². The third-order valence-electron chi connectivity index (χ3n) is 4.12. The zero-order chi connectivity index (χ0) is 16.7. The molecule has 2 heterocycles. The summed E-state index contributed by atoms with van der Waals surface area (Å²) in [4.78, 5) is 16.5. The molecule has 0 bridgehead atoms. The Bertz CT molecular complexity index is 1070. The van der Waals surface area contributed by atoms with Gasteiger partial charge in [-0.15, -0.1) is 0 Å². The number of rotatable bonds is 1. The van der Waals surface area contributed by atoms with E-state index >= 15 is 0 Å². The molecule has 0 atom stereocenters. The molecule has 4 nitrogen and oxygen atoms in total. The molecule has 1 aromatic heterocycles. The van der Waals surface area contributed by atoms with E-state index in [-0.39, 0.29) is 5.91 Å². The van der Waals surface area contributed by atoms with Crippen LogP contribution in [-0.2, 0) is 0 Å². The number of amides is 1. The lowest BCUT2D eigenvalue weighted by Gasteiger charge is -2.03. The third kappa shape index (κ3) is 2.33. The van der Waals surface area contributed by atoms with Crippen LogP contribution in [0.25, 0.3) is 22.5 Å². The zero-order valence-corrected chi connectivity index (χ0v) is 13.0. The van der Waals surface area contributed by atoms with Gasteiger partial charge in [0.15, 0.2) is 0 Å². The van der Waals surface area contributed by atoms with Crippen molar-refractivity contribution < 1.29 is 4.79 Å². The number of hydrogen-bond acceptors (Lipinski definition) is 3. The predicted octanol–water partition coefficient (Wildman–Crippen LogP) is 3.66. The number of aromatic nitrogens is 1. The minimum absolute atomic E-state index is 0.0937. The molecule has 1 amide bonds. The van der Waals surface area contributed by atoms with Crippen LogP contribution in [0.1, 0.15) is 32.7 Å². The van der Waals surface area contributed by atoms with E-state index in [1.807, 2.05) is 49.4 Å². The summed E-state index contributed by atoms with van der Waals surface area (Å²) < 4.78 is 0. The molecule has 0 fully saturated rings. The minimum atomic E-state index is -0.0937. The quantitative estimate of drug-likeness (QED) is 0.746. The molecule has 24 heavy (non-hydrogen) atoms. The van der Waals surface area contributed by atoms with Gasteiger partial charge in [-0.05, 0) is 48.7 Å². The Morgan fingerprint density at radius 3 is 2.79 bits per heavy atom. The molecule has 114 valence electrons. The molecule has 0 radical (unpaired) electrons. The van der Waals surface area contributed by atoms with Crippen LogP contribution in [0.5, 0.6) is 0 Å². The van der Waals surface area contributed by atoms with Crippen LogP contribution in [-0.4, -0.2) is 10.9 Å². The van der Waals surface area contributed by atoms with Gasteiger partial charge < -0.3 is 5.32 Å². The summed E-state index contributed by atoms with van der Waals surface area (Å²) in [6, 6.07) is 15.3. The lowest BCUT2D eigenvalue weighted by atomic mass is 10.0. The number of carbonyl (C=O) groups excluding carboxylic acids is 1. The van der Waals surface area contributed by atoms with E-state index < -0.39 is 0 Å². The van der Waals surface area contributed by atoms with Crippen LogP contribution >= 0.6 is 0 Å². The maximum Gasteiger partial charge on any atom is 0.256 e. The largest absolute Gasteiger partial charge is 0.321 e. The van der Waals surface area contributed by atoms with Crippen LogP contribution in [0.3, 0.4) is 0 Å². The molecular formula is C20H13N3O. The summed E-state index contributed by atoms with van der Waals surface area (Å²) in [6.07, 6.45) is 3.64. The molecule has 0 unspecified atom stereocenters. The van der Waals surface area contributed by atoms with Crippen molar-refractivity contribution in [2.45, 2.75) is 6.92 Å². The molecule has 0 spiro atoms.